The summed E-state index contributed by atoms with van der Waals surface area (Å²) in [4.78, 5) is 142. The Labute approximate surface area is 544 Å². The number of ether oxygens (including phenoxy) is 4. The summed E-state index contributed by atoms with van der Waals surface area (Å²) < 4.78 is 23.7. The molecule has 2 aromatic rings. The third kappa shape index (κ3) is 29.4. The van der Waals surface area contributed by atoms with Crippen LogP contribution in [0.5, 0.6) is 0 Å². The molecule has 2 unspecified atom stereocenters. The second-order valence-corrected chi connectivity index (χ2v) is 28.0. The zero-order valence-electron chi connectivity index (χ0n) is 56.7. The van der Waals surface area contributed by atoms with Gasteiger partial charge in [0.05, 0.1) is 31.8 Å². The third-order valence-corrected chi connectivity index (χ3v) is 16.3. The number of hydrogen-bond acceptors (Lipinski definition) is 15. The van der Waals surface area contributed by atoms with Gasteiger partial charge in [0.15, 0.2) is 0 Å². The largest absolute Gasteiger partial charge is 0.480 e. The van der Waals surface area contributed by atoms with Crippen molar-refractivity contribution >= 4 is 65.2 Å². The molecule has 0 fully saturated rings. The highest BCUT2D eigenvalue weighted by Crippen LogP contribution is 2.36. The van der Waals surface area contributed by atoms with E-state index in [0.29, 0.717) is 45.4 Å². The maximum atomic E-state index is 13.9. The van der Waals surface area contributed by atoms with Crippen LogP contribution in [0.25, 0.3) is 0 Å². The van der Waals surface area contributed by atoms with Crippen LogP contribution in [0.3, 0.4) is 0 Å². The predicted molar refractivity (Wildman–Crippen MR) is 346 cm³/mol. The SMILES string of the molecule is CCC(C)(CNC(=O)CC(C)(C)COCC(C)(C)CNC(=O)CC[C@H](NC(=O)C(C)(C)CC(C)(C)C(=O)OCc1ccccc1)C(=O)OCc1ccccc1)COCC(C)(CC)CC(=O)NCCCC[C@H](NC(=O)[C@H](C)NC(=O)CCCN1C(=O)C=CC1=O)C(=O)O. The van der Waals surface area contributed by atoms with E-state index in [-0.39, 0.29) is 115 Å². The molecule has 23 heteroatoms. The maximum absolute atomic E-state index is 13.9. The van der Waals surface area contributed by atoms with Crippen molar-refractivity contribution in [2.24, 2.45) is 32.5 Å². The van der Waals surface area contributed by atoms with Gasteiger partial charge in [-0.2, -0.15) is 0 Å². The fraction of sp³-hybridized carbons (Fsp3) is 0.638. The van der Waals surface area contributed by atoms with Gasteiger partial charge >= 0.3 is 17.9 Å². The van der Waals surface area contributed by atoms with Crippen LogP contribution in [0.1, 0.15) is 178 Å². The molecule has 92 heavy (non-hydrogen) atoms. The van der Waals surface area contributed by atoms with Gasteiger partial charge in [-0.3, -0.25) is 48.1 Å². The van der Waals surface area contributed by atoms with Crippen LogP contribution >= 0.6 is 0 Å². The molecule has 0 saturated carbocycles. The molecule has 0 spiro atoms. The van der Waals surface area contributed by atoms with Crippen LogP contribution in [-0.2, 0) is 84.9 Å². The molecule has 8 amide bonds. The van der Waals surface area contributed by atoms with Crippen LogP contribution in [0.4, 0.5) is 0 Å². The minimum Gasteiger partial charge on any atom is -0.480 e. The Morgan fingerprint density at radius 3 is 1.67 bits per heavy atom. The molecule has 3 rings (SSSR count). The molecular weight excluding hydrogens is 1180 g/mol. The van der Waals surface area contributed by atoms with Crippen molar-refractivity contribution in [2.45, 2.75) is 198 Å². The van der Waals surface area contributed by atoms with E-state index in [1.165, 1.54) is 6.92 Å². The number of carboxylic acids is 1. The monoisotopic (exact) mass is 1290 g/mol. The fourth-order valence-corrected chi connectivity index (χ4v) is 10.1. The van der Waals surface area contributed by atoms with Crippen LogP contribution in [0, 0.1) is 32.5 Å². The van der Waals surface area contributed by atoms with Crippen LogP contribution in [-0.4, -0.2) is 146 Å². The van der Waals surface area contributed by atoms with Crippen molar-refractivity contribution < 1.29 is 76.8 Å². The van der Waals surface area contributed by atoms with E-state index in [1.54, 1.807) is 27.7 Å². The summed E-state index contributed by atoms with van der Waals surface area (Å²) >= 11 is 0. The van der Waals surface area contributed by atoms with E-state index >= 15 is 0 Å². The van der Waals surface area contributed by atoms with Crippen molar-refractivity contribution in [3.05, 3.63) is 83.9 Å². The summed E-state index contributed by atoms with van der Waals surface area (Å²) in [5, 5.41) is 26.5. The lowest BCUT2D eigenvalue weighted by molar-refractivity contribution is -0.159. The van der Waals surface area contributed by atoms with Gasteiger partial charge in [0.2, 0.25) is 35.4 Å². The third-order valence-electron chi connectivity index (χ3n) is 16.3. The molecule has 0 saturated heterocycles. The minimum atomic E-state index is -1.24. The number of unbranched alkanes of at least 4 members (excludes halogenated alkanes) is 1. The Kier molecular flexibility index (Phi) is 31.9. The van der Waals surface area contributed by atoms with Gasteiger partial charge in [0, 0.05) is 80.3 Å². The van der Waals surface area contributed by atoms with E-state index in [1.807, 2.05) is 116 Å². The fourth-order valence-electron chi connectivity index (χ4n) is 10.1. The molecule has 23 nitrogen and oxygen atoms in total. The lowest BCUT2D eigenvalue weighted by Crippen LogP contribution is -2.50. The molecule has 2 aromatic carbocycles. The Morgan fingerprint density at radius 1 is 0.543 bits per heavy atom. The first-order valence-corrected chi connectivity index (χ1v) is 32.1. The number of nitrogens with one attached hydrogen (secondary N) is 6. The highest BCUT2D eigenvalue weighted by Gasteiger charge is 2.42. The molecule has 0 aromatic heterocycles. The Bertz CT molecular complexity index is 2810. The predicted octanol–water partition coefficient (Wildman–Crippen LogP) is 7.18. The lowest BCUT2D eigenvalue weighted by atomic mass is 9.74. The normalized spacial score (nSPS) is 15.0. The average molecular weight is 1290 g/mol. The van der Waals surface area contributed by atoms with Crippen LogP contribution in [0.2, 0.25) is 0 Å². The molecule has 512 valence electrons. The number of amides is 8. The Morgan fingerprint density at radius 2 is 1.09 bits per heavy atom. The van der Waals surface area contributed by atoms with Gasteiger partial charge in [-0.15, -0.1) is 0 Å². The Balaban J connectivity index is 1.39. The summed E-state index contributed by atoms with van der Waals surface area (Å²) in [5.74, 6) is -5.67. The maximum Gasteiger partial charge on any atom is 0.328 e. The number of imide groups is 1. The molecule has 0 radical (unpaired) electrons. The van der Waals surface area contributed by atoms with Crippen molar-refractivity contribution in [3.63, 3.8) is 0 Å². The molecule has 1 heterocycles. The van der Waals surface area contributed by atoms with Crippen LogP contribution in [0.15, 0.2) is 72.8 Å². The molecule has 0 bridgehead atoms. The van der Waals surface area contributed by atoms with Gasteiger partial charge in [-0.25, -0.2) is 9.59 Å². The number of carbonyl (C=O) groups is 11. The molecule has 0 aliphatic carbocycles. The van der Waals surface area contributed by atoms with Crippen molar-refractivity contribution in [2.75, 3.05) is 52.6 Å². The Hall–Kier alpha value is -7.53. The van der Waals surface area contributed by atoms with Gasteiger partial charge in [-0.1, -0.05) is 130 Å². The van der Waals surface area contributed by atoms with E-state index in [9.17, 15) is 57.8 Å². The van der Waals surface area contributed by atoms with Crippen LogP contribution < -0.4 is 31.9 Å². The average Bonchev–Trinajstić information content (AvgIpc) is 1.07. The van der Waals surface area contributed by atoms with Gasteiger partial charge < -0.3 is 56.0 Å². The summed E-state index contributed by atoms with van der Waals surface area (Å²) in [5.41, 5.74) is -2.57. The summed E-state index contributed by atoms with van der Waals surface area (Å²) in [6, 6.07) is 15.0. The summed E-state index contributed by atoms with van der Waals surface area (Å²) in [6.07, 6.45) is 5.04. The molecular formula is C69H105N7O16. The standard InChI is InChI=1S/C69H105N7O16/c1-14-68(12,38-56(80)70-35-23-22-29-51(60(84)85)74-59(83)48(3)73-54(78)30-24-36-76-57(81)33-34-58(76)82)46-90-47-69(13,15-2)43-72-55(79)37-64(4,5)44-89-45-65(6,7)42-71-53(77)32-31-52(61(86)91-39-49-25-18-16-19-26-49)75-62(87)66(8,9)41-67(10,11)63(88)92-40-50-27-20-17-21-28-50/h16-21,25-28,33-34,48,51-52H,14-15,22-24,29-32,35-47H2,1-13H3,(H,70,80)(H,71,77)(H,72,79)(H,73,78)(H,74,83)(H,75,87)(H,84,85)/t48-,51-,52-,68?,69?/m0/s1. The minimum absolute atomic E-state index is 0.0334. The van der Waals surface area contributed by atoms with Crippen molar-refractivity contribution in [1.29, 1.82) is 0 Å². The molecule has 7 N–H and O–H groups in total. The summed E-state index contributed by atoms with van der Waals surface area (Å²) in [7, 11) is 0. The number of benzene rings is 2. The van der Waals surface area contributed by atoms with Crippen molar-refractivity contribution in [1.82, 2.24) is 36.8 Å². The van der Waals surface area contributed by atoms with E-state index < -0.39 is 98.1 Å². The number of hydrogen-bond donors (Lipinski definition) is 7. The first-order chi connectivity index (χ1) is 43.0. The zero-order chi connectivity index (χ0) is 68.9. The number of carboxylic acid groups (broad SMARTS) is 1. The number of esters is 2. The van der Waals surface area contributed by atoms with E-state index in [0.717, 1.165) is 28.2 Å². The molecule has 1 aliphatic rings. The van der Waals surface area contributed by atoms with Gasteiger partial charge in [0.1, 0.15) is 31.3 Å². The quantitative estimate of drug-likeness (QED) is 0.0196. The first-order valence-electron chi connectivity index (χ1n) is 32.1. The summed E-state index contributed by atoms with van der Waals surface area (Å²) in [6.45, 7) is 26.1. The second kappa shape index (κ2) is 37.2. The molecule has 1 aliphatic heterocycles. The number of aliphatic carboxylic acids is 1. The topological polar surface area (TPSA) is 320 Å². The highest BCUT2D eigenvalue weighted by molar-refractivity contribution is 6.12. The van der Waals surface area contributed by atoms with Gasteiger partial charge in [0.25, 0.3) is 11.8 Å². The van der Waals surface area contributed by atoms with E-state index in [4.69, 9.17) is 18.9 Å². The number of nitrogens with zero attached hydrogens (tertiary/aromatic N) is 1. The van der Waals surface area contributed by atoms with Gasteiger partial charge in [-0.05, 0) is 94.1 Å². The zero-order valence-corrected chi connectivity index (χ0v) is 56.7. The first kappa shape index (κ1) is 78.7. The second-order valence-electron chi connectivity index (χ2n) is 28.0. The number of rotatable bonds is 44. The van der Waals surface area contributed by atoms with E-state index in [2.05, 4.69) is 31.9 Å². The molecule has 5 atom stereocenters. The lowest BCUT2D eigenvalue weighted by Gasteiger charge is -2.33. The smallest absolute Gasteiger partial charge is 0.328 e. The highest BCUT2D eigenvalue weighted by atomic mass is 16.5. The number of carbonyl (C=O) groups excluding carboxylic acids is 10. The van der Waals surface area contributed by atoms with Crippen molar-refractivity contribution in [3.8, 4) is 0 Å².